The lowest BCUT2D eigenvalue weighted by Gasteiger charge is -2.26. The van der Waals surface area contributed by atoms with E-state index in [4.69, 9.17) is 15.2 Å². The maximum absolute atomic E-state index is 5.65. The number of hydrogen-bond donors (Lipinski definition) is 1. The average Bonchev–Trinajstić information content (AvgIpc) is 2.28. The Balaban J connectivity index is 3.04. The van der Waals surface area contributed by atoms with Gasteiger partial charge < -0.3 is 15.2 Å². The third-order valence-electron chi connectivity index (χ3n) is 2.40. The molecule has 2 N–H and O–H groups in total. The lowest BCUT2D eigenvalue weighted by molar-refractivity contribution is 0.00963. The molecule has 1 atom stereocenters. The van der Waals surface area contributed by atoms with Crippen molar-refractivity contribution in [2.45, 2.75) is 12.5 Å². The van der Waals surface area contributed by atoms with E-state index in [0.29, 0.717) is 12.3 Å². The third-order valence-corrected chi connectivity index (χ3v) is 2.40. The van der Waals surface area contributed by atoms with Gasteiger partial charge in [-0.2, -0.15) is 0 Å². The first kappa shape index (κ1) is 10.9. The summed E-state index contributed by atoms with van der Waals surface area (Å²) >= 11 is 0. The molecule has 0 saturated heterocycles. The highest BCUT2D eigenvalue weighted by atomic mass is 16.5. The molecule has 1 aromatic rings. The molecule has 0 aliphatic carbocycles. The maximum Gasteiger partial charge on any atom is 0.137 e. The summed E-state index contributed by atoms with van der Waals surface area (Å²) < 4.78 is 10.4. The van der Waals surface area contributed by atoms with E-state index in [1.807, 2.05) is 13.0 Å². The van der Waals surface area contributed by atoms with Crippen LogP contribution in [0.4, 0.5) is 0 Å². The van der Waals surface area contributed by atoms with Crippen LogP contribution in [0, 0.1) is 0 Å². The highest BCUT2D eigenvalue weighted by molar-refractivity contribution is 5.28. The number of pyridine rings is 1. The fourth-order valence-electron chi connectivity index (χ4n) is 1.14. The van der Waals surface area contributed by atoms with Crippen molar-refractivity contribution in [2.24, 2.45) is 5.73 Å². The second-order valence-corrected chi connectivity index (χ2v) is 3.25. The molecule has 14 heavy (non-hydrogen) atoms. The Bertz CT molecular complexity index is 298. The quantitative estimate of drug-likeness (QED) is 0.777. The molecule has 0 saturated carbocycles. The van der Waals surface area contributed by atoms with E-state index < -0.39 is 5.60 Å². The van der Waals surface area contributed by atoms with Crippen molar-refractivity contribution in [2.75, 3.05) is 20.8 Å². The molecule has 0 radical (unpaired) electrons. The number of nitrogens with zero attached hydrogens (tertiary/aromatic N) is 1. The number of ether oxygens (including phenoxy) is 2. The van der Waals surface area contributed by atoms with Gasteiger partial charge >= 0.3 is 0 Å². The highest BCUT2D eigenvalue weighted by Crippen LogP contribution is 2.25. The van der Waals surface area contributed by atoms with Crippen LogP contribution in [0.2, 0.25) is 0 Å². The van der Waals surface area contributed by atoms with Crippen molar-refractivity contribution >= 4 is 0 Å². The molecule has 1 aromatic heterocycles. The molecule has 1 rings (SSSR count). The Labute approximate surface area is 84.0 Å². The summed E-state index contributed by atoms with van der Waals surface area (Å²) in [6, 6.07) is 1.88. The van der Waals surface area contributed by atoms with E-state index in [1.54, 1.807) is 26.6 Å². The number of hydrogen-bond acceptors (Lipinski definition) is 4. The zero-order valence-electron chi connectivity index (χ0n) is 8.78. The number of methoxy groups -OCH3 is 2. The number of aromatic nitrogens is 1. The molecule has 0 aliphatic rings. The maximum atomic E-state index is 5.65. The summed E-state index contributed by atoms with van der Waals surface area (Å²) in [5.41, 5.74) is 6.07. The minimum atomic E-state index is -0.498. The average molecular weight is 196 g/mol. The lowest BCUT2D eigenvalue weighted by Crippen LogP contribution is -2.33. The first-order valence-corrected chi connectivity index (χ1v) is 4.41. The molecule has 1 heterocycles. The summed E-state index contributed by atoms with van der Waals surface area (Å²) in [4.78, 5) is 4.06. The van der Waals surface area contributed by atoms with Gasteiger partial charge in [0.25, 0.3) is 0 Å². The minimum Gasteiger partial charge on any atom is -0.495 e. The third kappa shape index (κ3) is 2.02. The largest absolute Gasteiger partial charge is 0.495 e. The van der Waals surface area contributed by atoms with Crippen LogP contribution in [0.5, 0.6) is 5.75 Å². The second-order valence-electron chi connectivity index (χ2n) is 3.25. The van der Waals surface area contributed by atoms with Crippen LogP contribution in [-0.4, -0.2) is 25.7 Å². The first-order chi connectivity index (χ1) is 6.66. The molecular formula is C10H16N2O2. The molecule has 0 fully saturated rings. The van der Waals surface area contributed by atoms with Crippen molar-refractivity contribution in [1.29, 1.82) is 0 Å². The molecule has 0 aliphatic heterocycles. The van der Waals surface area contributed by atoms with E-state index in [-0.39, 0.29) is 0 Å². The minimum absolute atomic E-state index is 0.401. The van der Waals surface area contributed by atoms with Crippen molar-refractivity contribution in [1.82, 2.24) is 4.98 Å². The Kier molecular flexibility index (Phi) is 3.43. The molecule has 4 heteroatoms. The molecule has 1 unspecified atom stereocenters. The topological polar surface area (TPSA) is 57.4 Å². The summed E-state index contributed by atoms with van der Waals surface area (Å²) in [6.45, 7) is 2.32. The van der Waals surface area contributed by atoms with Crippen LogP contribution in [0.25, 0.3) is 0 Å². The van der Waals surface area contributed by atoms with Crippen molar-refractivity contribution < 1.29 is 9.47 Å². The van der Waals surface area contributed by atoms with Crippen molar-refractivity contribution in [3.63, 3.8) is 0 Å². The van der Waals surface area contributed by atoms with E-state index in [2.05, 4.69) is 4.98 Å². The van der Waals surface area contributed by atoms with Gasteiger partial charge in [0.15, 0.2) is 0 Å². The standard InChI is InChI=1S/C10H16N2O2/c1-10(7-11,14-3)8-4-9(13-2)6-12-5-8/h4-6H,7,11H2,1-3H3. The van der Waals surface area contributed by atoms with Gasteiger partial charge in [-0.05, 0) is 13.0 Å². The molecule has 0 amide bonds. The van der Waals surface area contributed by atoms with Crippen LogP contribution in [-0.2, 0) is 10.3 Å². The van der Waals surface area contributed by atoms with Gasteiger partial charge in [0, 0.05) is 25.4 Å². The van der Waals surface area contributed by atoms with Crippen molar-refractivity contribution in [3.05, 3.63) is 24.0 Å². The van der Waals surface area contributed by atoms with Gasteiger partial charge in [-0.1, -0.05) is 0 Å². The Morgan fingerprint density at radius 1 is 1.43 bits per heavy atom. The molecular weight excluding hydrogens is 180 g/mol. The number of rotatable bonds is 4. The zero-order chi connectivity index (χ0) is 10.6. The van der Waals surface area contributed by atoms with E-state index in [0.717, 1.165) is 5.56 Å². The summed E-state index contributed by atoms with van der Waals surface area (Å²) in [5, 5.41) is 0. The normalized spacial score (nSPS) is 14.9. The van der Waals surface area contributed by atoms with Gasteiger partial charge in [0.1, 0.15) is 11.4 Å². The lowest BCUT2D eigenvalue weighted by atomic mass is 9.98. The van der Waals surface area contributed by atoms with Gasteiger partial charge in [-0.3, -0.25) is 4.98 Å². The fourth-order valence-corrected chi connectivity index (χ4v) is 1.14. The van der Waals surface area contributed by atoms with E-state index in [9.17, 15) is 0 Å². The summed E-state index contributed by atoms with van der Waals surface area (Å²) in [5.74, 6) is 0.708. The van der Waals surface area contributed by atoms with Gasteiger partial charge in [-0.15, -0.1) is 0 Å². The van der Waals surface area contributed by atoms with E-state index >= 15 is 0 Å². The van der Waals surface area contributed by atoms with Crippen LogP contribution in [0.1, 0.15) is 12.5 Å². The van der Waals surface area contributed by atoms with E-state index in [1.165, 1.54) is 0 Å². The Morgan fingerprint density at radius 2 is 2.14 bits per heavy atom. The van der Waals surface area contributed by atoms with Gasteiger partial charge in [-0.25, -0.2) is 0 Å². The van der Waals surface area contributed by atoms with Crippen LogP contribution in [0.3, 0.4) is 0 Å². The molecule has 0 spiro atoms. The summed E-state index contributed by atoms with van der Waals surface area (Å²) in [7, 11) is 3.24. The zero-order valence-corrected chi connectivity index (χ0v) is 8.78. The SMILES string of the molecule is COc1cncc(C(C)(CN)OC)c1. The molecule has 78 valence electrons. The smallest absolute Gasteiger partial charge is 0.137 e. The molecule has 0 aromatic carbocycles. The van der Waals surface area contributed by atoms with Crippen molar-refractivity contribution in [3.8, 4) is 5.75 Å². The Morgan fingerprint density at radius 3 is 2.64 bits per heavy atom. The van der Waals surface area contributed by atoms with Gasteiger partial charge in [0.2, 0.25) is 0 Å². The predicted octanol–water partition coefficient (Wildman–Crippen LogP) is 0.910. The highest BCUT2D eigenvalue weighted by Gasteiger charge is 2.24. The van der Waals surface area contributed by atoms with Crippen LogP contribution < -0.4 is 10.5 Å². The van der Waals surface area contributed by atoms with Crippen LogP contribution >= 0.6 is 0 Å². The molecule has 4 nitrogen and oxygen atoms in total. The first-order valence-electron chi connectivity index (χ1n) is 4.41. The van der Waals surface area contributed by atoms with Crippen LogP contribution in [0.15, 0.2) is 18.5 Å². The van der Waals surface area contributed by atoms with Gasteiger partial charge in [0.05, 0.1) is 13.3 Å². The Hall–Kier alpha value is -1.13. The number of nitrogens with two attached hydrogens (primary N) is 1. The second kappa shape index (κ2) is 4.39. The molecule has 0 bridgehead atoms. The fraction of sp³-hybridized carbons (Fsp3) is 0.500. The predicted molar refractivity (Wildman–Crippen MR) is 54.2 cm³/mol. The monoisotopic (exact) mass is 196 g/mol. The summed E-state index contributed by atoms with van der Waals surface area (Å²) in [6.07, 6.45) is 3.38.